The van der Waals surface area contributed by atoms with Crippen LogP contribution in [0.15, 0.2) is 47.4 Å². The molecule has 7 nitrogen and oxygen atoms in total. The zero-order chi connectivity index (χ0) is 19.6. The second kappa shape index (κ2) is 7.46. The highest BCUT2D eigenvalue weighted by Crippen LogP contribution is 2.19. The Morgan fingerprint density at radius 2 is 1.89 bits per heavy atom. The lowest BCUT2D eigenvalue weighted by atomic mass is 10.1. The third-order valence-corrected chi connectivity index (χ3v) is 4.28. The van der Waals surface area contributed by atoms with Crippen molar-refractivity contribution in [3.05, 3.63) is 64.1 Å². The van der Waals surface area contributed by atoms with Crippen LogP contribution in [-0.2, 0) is 13.2 Å². The number of rotatable bonds is 6. The molecule has 0 radical (unpaired) electrons. The SMILES string of the molecule is C[C@H](Nc1ncc2ccc(=O)n(CC(C)(C)O)c2n1)c1ccc(CO)cc1. The Labute approximate surface area is 157 Å². The molecule has 7 heteroatoms. The normalized spacial score (nSPS) is 12.9. The number of hydrogen-bond acceptors (Lipinski definition) is 6. The lowest BCUT2D eigenvalue weighted by Gasteiger charge is -2.20. The van der Waals surface area contributed by atoms with Crippen LogP contribution >= 0.6 is 0 Å². The predicted octanol–water partition coefficient (Wildman–Crippen LogP) is 2.23. The molecule has 0 fully saturated rings. The van der Waals surface area contributed by atoms with Gasteiger partial charge in [-0.1, -0.05) is 24.3 Å². The van der Waals surface area contributed by atoms with Gasteiger partial charge >= 0.3 is 0 Å². The van der Waals surface area contributed by atoms with Crippen LogP contribution in [0.25, 0.3) is 11.0 Å². The molecule has 3 rings (SSSR count). The van der Waals surface area contributed by atoms with Gasteiger partial charge in [0.15, 0.2) is 0 Å². The molecule has 0 spiro atoms. The summed E-state index contributed by atoms with van der Waals surface area (Å²) < 4.78 is 1.46. The molecular formula is C20H24N4O3. The summed E-state index contributed by atoms with van der Waals surface area (Å²) >= 11 is 0. The Bertz CT molecular complexity index is 991. The fourth-order valence-electron chi connectivity index (χ4n) is 2.87. The van der Waals surface area contributed by atoms with E-state index in [0.717, 1.165) is 16.5 Å². The third-order valence-electron chi connectivity index (χ3n) is 4.28. The number of nitrogens with zero attached hydrogens (tertiary/aromatic N) is 3. The Hall–Kier alpha value is -2.77. The maximum Gasteiger partial charge on any atom is 0.252 e. The minimum Gasteiger partial charge on any atom is -0.392 e. The molecule has 3 N–H and O–H groups in total. The van der Waals surface area contributed by atoms with E-state index in [0.29, 0.717) is 11.6 Å². The van der Waals surface area contributed by atoms with Gasteiger partial charge in [-0.05, 0) is 38.0 Å². The second-order valence-corrected chi connectivity index (χ2v) is 7.31. The van der Waals surface area contributed by atoms with Gasteiger partial charge in [0.05, 0.1) is 24.8 Å². The number of aromatic nitrogens is 3. The first kappa shape index (κ1) is 19.0. The van der Waals surface area contributed by atoms with E-state index in [9.17, 15) is 9.90 Å². The largest absolute Gasteiger partial charge is 0.392 e. The molecule has 0 saturated heterocycles. The summed E-state index contributed by atoms with van der Waals surface area (Å²) in [6.07, 6.45) is 1.66. The van der Waals surface area contributed by atoms with Crippen molar-refractivity contribution in [3.63, 3.8) is 0 Å². The maximum absolute atomic E-state index is 12.3. The van der Waals surface area contributed by atoms with Crippen molar-refractivity contribution >= 4 is 17.0 Å². The molecule has 142 valence electrons. The average molecular weight is 368 g/mol. The summed E-state index contributed by atoms with van der Waals surface area (Å²) in [5.74, 6) is 0.399. The van der Waals surface area contributed by atoms with Crippen molar-refractivity contribution in [1.29, 1.82) is 0 Å². The number of nitrogens with one attached hydrogen (secondary N) is 1. The van der Waals surface area contributed by atoms with E-state index in [1.165, 1.54) is 10.6 Å². The number of fused-ring (bicyclic) bond motifs is 1. The average Bonchev–Trinajstić information content (AvgIpc) is 2.63. The zero-order valence-electron chi connectivity index (χ0n) is 15.7. The van der Waals surface area contributed by atoms with Gasteiger partial charge in [0, 0.05) is 17.6 Å². The summed E-state index contributed by atoms with van der Waals surface area (Å²) in [4.78, 5) is 21.1. The van der Waals surface area contributed by atoms with Crippen LogP contribution in [0.3, 0.4) is 0 Å². The van der Waals surface area contributed by atoms with Crippen molar-refractivity contribution < 1.29 is 10.2 Å². The smallest absolute Gasteiger partial charge is 0.252 e. The first-order chi connectivity index (χ1) is 12.8. The van der Waals surface area contributed by atoms with Crippen molar-refractivity contribution in [1.82, 2.24) is 14.5 Å². The Balaban J connectivity index is 1.93. The lowest BCUT2D eigenvalue weighted by Crippen LogP contribution is -2.33. The lowest BCUT2D eigenvalue weighted by molar-refractivity contribution is 0.0616. The van der Waals surface area contributed by atoms with Gasteiger partial charge in [0.25, 0.3) is 5.56 Å². The van der Waals surface area contributed by atoms with Crippen LogP contribution in [0.2, 0.25) is 0 Å². The fraction of sp³-hybridized carbons (Fsp3) is 0.350. The van der Waals surface area contributed by atoms with E-state index in [2.05, 4.69) is 15.3 Å². The molecule has 2 heterocycles. The highest BCUT2D eigenvalue weighted by molar-refractivity contribution is 5.75. The molecule has 0 amide bonds. The second-order valence-electron chi connectivity index (χ2n) is 7.31. The van der Waals surface area contributed by atoms with Gasteiger partial charge in [0.1, 0.15) is 5.65 Å². The van der Waals surface area contributed by atoms with Crippen LogP contribution in [0.4, 0.5) is 5.95 Å². The first-order valence-electron chi connectivity index (χ1n) is 8.82. The summed E-state index contributed by atoms with van der Waals surface area (Å²) in [6, 6.07) is 10.7. The summed E-state index contributed by atoms with van der Waals surface area (Å²) in [7, 11) is 0. The fourth-order valence-corrected chi connectivity index (χ4v) is 2.87. The molecule has 0 aliphatic rings. The molecule has 0 aliphatic carbocycles. The zero-order valence-corrected chi connectivity index (χ0v) is 15.7. The molecule has 2 aromatic heterocycles. The number of aliphatic hydroxyl groups is 2. The van der Waals surface area contributed by atoms with E-state index >= 15 is 0 Å². The van der Waals surface area contributed by atoms with Crippen LogP contribution in [0.5, 0.6) is 0 Å². The van der Waals surface area contributed by atoms with Gasteiger partial charge in [0.2, 0.25) is 5.95 Å². The molecule has 27 heavy (non-hydrogen) atoms. The molecule has 1 atom stereocenters. The standard InChI is InChI=1S/C20H24N4O3/c1-13(15-6-4-14(11-25)5-7-15)22-19-21-10-16-8-9-17(26)24(18(16)23-19)12-20(2,3)27/h4-10,13,25,27H,11-12H2,1-3H3,(H,21,22,23)/t13-/m0/s1. The van der Waals surface area contributed by atoms with Crippen molar-refractivity contribution in [2.75, 3.05) is 5.32 Å². The maximum atomic E-state index is 12.3. The number of benzene rings is 1. The summed E-state index contributed by atoms with van der Waals surface area (Å²) in [6.45, 7) is 5.43. The van der Waals surface area contributed by atoms with Gasteiger partial charge in [-0.25, -0.2) is 4.98 Å². The number of pyridine rings is 1. The van der Waals surface area contributed by atoms with Crippen molar-refractivity contribution in [3.8, 4) is 0 Å². The highest BCUT2D eigenvalue weighted by Gasteiger charge is 2.17. The molecular weight excluding hydrogens is 344 g/mol. The van der Waals surface area contributed by atoms with Crippen LogP contribution in [-0.4, -0.2) is 30.3 Å². The molecule has 1 aromatic carbocycles. The number of anilines is 1. The van der Waals surface area contributed by atoms with Gasteiger partial charge in [-0.3, -0.25) is 9.36 Å². The van der Waals surface area contributed by atoms with Crippen LogP contribution in [0, 0.1) is 0 Å². The molecule has 3 aromatic rings. The number of aliphatic hydroxyl groups excluding tert-OH is 1. The minimum atomic E-state index is -1.04. The Kier molecular flexibility index (Phi) is 5.25. The topological polar surface area (TPSA) is 100 Å². The molecule has 0 unspecified atom stereocenters. The van der Waals surface area contributed by atoms with Gasteiger partial charge in [-0.2, -0.15) is 4.98 Å². The van der Waals surface area contributed by atoms with Crippen molar-refractivity contribution in [2.24, 2.45) is 0 Å². The number of hydrogen-bond donors (Lipinski definition) is 3. The van der Waals surface area contributed by atoms with E-state index in [4.69, 9.17) is 5.11 Å². The quantitative estimate of drug-likeness (QED) is 0.617. The predicted molar refractivity (Wildman–Crippen MR) is 104 cm³/mol. The molecule has 0 bridgehead atoms. The van der Waals surface area contributed by atoms with Crippen molar-refractivity contribution in [2.45, 2.75) is 45.6 Å². The van der Waals surface area contributed by atoms with E-state index in [1.807, 2.05) is 31.2 Å². The summed E-state index contributed by atoms with van der Waals surface area (Å²) in [5, 5.41) is 23.2. The highest BCUT2D eigenvalue weighted by atomic mass is 16.3. The van der Waals surface area contributed by atoms with E-state index < -0.39 is 5.60 Å². The van der Waals surface area contributed by atoms with Gasteiger partial charge < -0.3 is 15.5 Å². The summed E-state index contributed by atoms with van der Waals surface area (Å²) in [5.41, 5.74) is 1.09. The van der Waals surface area contributed by atoms with Crippen LogP contribution < -0.4 is 10.9 Å². The monoisotopic (exact) mass is 368 g/mol. The Morgan fingerprint density at radius 3 is 2.52 bits per heavy atom. The molecule has 0 aliphatic heterocycles. The third kappa shape index (κ3) is 4.50. The molecule has 0 saturated carbocycles. The first-order valence-corrected chi connectivity index (χ1v) is 8.82. The van der Waals surface area contributed by atoms with E-state index in [1.54, 1.807) is 26.1 Å². The van der Waals surface area contributed by atoms with Gasteiger partial charge in [-0.15, -0.1) is 0 Å². The minimum absolute atomic E-state index is 0.00854. The van der Waals surface area contributed by atoms with E-state index in [-0.39, 0.29) is 24.8 Å². The van der Waals surface area contributed by atoms with Crippen LogP contribution in [0.1, 0.15) is 37.9 Å². The Morgan fingerprint density at radius 1 is 1.19 bits per heavy atom.